The second-order valence-corrected chi connectivity index (χ2v) is 6.21. The van der Waals surface area contributed by atoms with E-state index in [4.69, 9.17) is 20.2 Å². The van der Waals surface area contributed by atoms with Crippen LogP contribution in [0.15, 0.2) is 64.2 Å². The van der Waals surface area contributed by atoms with E-state index < -0.39 is 10.1 Å². The molecule has 0 unspecified atom stereocenters. The monoisotopic (exact) mass is 336 g/mol. The molecule has 0 amide bonds. The van der Waals surface area contributed by atoms with Gasteiger partial charge >= 0.3 is 10.1 Å². The molecule has 0 aliphatic rings. The van der Waals surface area contributed by atoms with Crippen LogP contribution in [0.3, 0.4) is 0 Å². The Kier molecular flexibility index (Phi) is 3.82. The molecular formula is C14H9ClN2O4S. The van der Waals surface area contributed by atoms with Gasteiger partial charge in [-0.2, -0.15) is 8.42 Å². The van der Waals surface area contributed by atoms with Gasteiger partial charge in [0, 0.05) is 5.02 Å². The molecule has 0 spiro atoms. The van der Waals surface area contributed by atoms with Crippen LogP contribution in [0, 0.1) is 0 Å². The number of hydrogen-bond donors (Lipinski definition) is 0. The summed E-state index contributed by atoms with van der Waals surface area (Å²) in [5.41, 5.74) is 0.387. The fourth-order valence-electron chi connectivity index (χ4n) is 1.77. The Hall–Kier alpha value is -2.38. The molecule has 0 atom stereocenters. The Balaban J connectivity index is 1.98. The quantitative estimate of drug-likeness (QED) is 0.681. The lowest BCUT2D eigenvalue weighted by atomic mass is 10.2. The van der Waals surface area contributed by atoms with Crippen LogP contribution in [0.25, 0.3) is 11.5 Å². The van der Waals surface area contributed by atoms with Gasteiger partial charge in [0.05, 0.1) is 5.56 Å². The van der Waals surface area contributed by atoms with Gasteiger partial charge in [-0.25, -0.2) is 0 Å². The molecule has 0 bridgehead atoms. The maximum Gasteiger partial charge on any atom is 0.339 e. The number of hydrogen-bond acceptors (Lipinski definition) is 6. The molecule has 6 nitrogen and oxygen atoms in total. The highest BCUT2D eigenvalue weighted by molar-refractivity contribution is 7.87. The maximum absolute atomic E-state index is 12.3. The summed E-state index contributed by atoms with van der Waals surface area (Å²) >= 11 is 5.75. The second kappa shape index (κ2) is 5.78. The van der Waals surface area contributed by atoms with Crippen LogP contribution < -0.4 is 4.18 Å². The van der Waals surface area contributed by atoms with Gasteiger partial charge in [-0.05, 0) is 36.4 Å². The highest BCUT2D eigenvalue weighted by Crippen LogP contribution is 2.30. The largest absolute Gasteiger partial charge is 0.423 e. The molecule has 22 heavy (non-hydrogen) atoms. The van der Waals surface area contributed by atoms with Crippen molar-refractivity contribution in [3.63, 3.8) is 0 Å². The molecule has 1 heterocycles. The molecule has 0 fully saturated rings. The topological polar surface area (TPSA) is 82.3 Å². The van der Waals surface area contributed by atoms with Gasteiger partial charge in [-0.1, -0.05) is 23.7 Å². The van der Waals surface area contributed by atoms with E-state index in [2.05, 4.69) is 10.2 Å². The molecule has 0 saturated carbocycles. The number of rotatable bonds is 4. The Morgan fingerprint density at radius 2 is 1.77 bits per heavy atom. The van der Waals surface area contributed by atoms with Crippen LogP contribution in [-0.4, -0.2) is 18.6 Å². The Labute approximate surface area is 131 Å². The maximum atomic E-state index is 12.3. The number of nitrogens with zero attached hydrogens (tertiary/aromatic N) is 2. The van der Waals surface area contributed by atoms with Gasteiger partial charge in [-0.15, -0.1) is 10.2 Å². The predicted molar refractivity (Wildman–Crippen MR) is 79.0 cm³/mol. The summed E-state index contributed by atoms with van der Waals surface area (Å²) < 4.78 is 34.9. The molecule has 112 valence electrons. The van der Waals surface area contributed by atoms with Crippen LogP contribution >= 0.6 is 11.6 Å². The van der Waals surface area contributed by atoms with Gasteiger partial charge in [0.15, 0.2) is 5.75 Å². The zero-order valence-electron chi connectivity index (χ0n) is 11.0. The van der Waals surface area contributed by atoms with Crippen molar-refractivity contribution in [1.82, 2.24) is 10.2 Å². The highest BCUT2D eigenvalue weighted by Gasteiger charge is 2.20. The molecule has 2 aromatic carbocycles. The molecule has 3 rings (SSSR count). The number of halogens is 1. The van der Waals surface area contributed by atoms with E-state index >= 15 is 0 Å². The van der Waals surface area contributed by atoms with Crippen molar-refractivity contribution in [3.8, 4) is 17.2 Å². The van der Waals surface area contributed by atoms with Crippen LogP contribution in [0.2, 0.25) is 5.02 Å². The average molecular weight is 337 g/mol. The summed E-state index contributed by atoms with van der Waals surface area (Å²) in [7, 11) is -3.99. The van der Waals surface area contributed by atoms with Gasteiger partial charge in [0.2, 0.25) is 6.39 Å². The third kappa shape index (κ3) is 2.95. The van der Waals surface area contributed by atoms with E-state index in [1.165, 1.54) is 30.3 Å². The number of para-hydroxylation sites is 1. The van der Waals surface area contributed by atoms with E-state index in [1.807, 2.05) is 0 Å². The molecule has 3 aromatic rings. The standard InChI is InChI=1S/C14H9ClN2O4S/c15-10-5-7-11(8-6-10)22(18,19)21-13-4-2-1-3-12(13)14-17-16-9-20-14/h1-9H. The van der Waals surface area contributed by atoms with Crippen molar-refractivity contribution >= 4 is 21.7 Å². The van der Waals surface area contributed by atoms with E-state index in [0.29, 0.717) is 10.6 Å². The molecule has 0 aliphatic heterocycles. The van der Waals surface area contributed by atoms with Crippen LogP contribution in [-0.2, 0) is 10.1 Å². The van der Waals surface area contributed by atoms with Gasteiger partial charge < -0.3 is 8.60 Å². The lowest BCUT2D eigenvalue weighted by Gasteiger charge is -2.09. The van der Waals surface area contributed by atoms with Crippen molar-refractivity contribution < 1.29 is 17.0 Å². The second-order valence-electron chi connectivity index (χ2n) is 4.23. The average Bonchev–Trinajstić information content (AvgIpc) is 3.02. The van der Waals surface area contributed by atoms with Gasteiger partial charge in [0.25, 0.3) is 5.89 Å². The fourth-order valence-corrected chi connectivity index (χ4v) is 2.85. The minimum absolute atomic E-state index is 0.00256. The van der Waals surface area contributed by atoms with Crippen molar-refractivity contribution in [3.05, 3.63) is 59.9 Å². The zero-order valence-corrected chi connectivity index (χ0v) is 12.6. The molecule has 0 radical (unpaired) electrons. The molecular weight excluding hydrogens is 328 g/mol. The van der Waals surface area contributed by atoms with E-state index in [-0.39, 0.29) is 16.5 Å². The predicted octanol–water partition coefficient (Wildman–Crippen LogP) is 3.16. The SMILES string of the molecule is O=S(=O)(Oc1ccccc1-c1nnco1)c1ccc(Cl)cc1. The smallest absolute Gasteiger partial charge is 0.339 e. The lowest BCUT2D eigenvalue weighted by Crippen LogP contribution is -2.10. The Morgan fingerprint density at radius 3 is 2.45 bits per heavy atom. The number of aromatic nitrogens is 2. The van der Waals surface area contributed by atoms with Crippen LogP contribution in [0.1, 0.15) is 0 Å². The summed E-state index contributed by atoms with van der Waals surface area (Å²) in [6.07, 6.45) is 1.15. The van der Waals surface area contributed by atoms with Gasteiger partial charge in [-0.3, -0.25) is 0 Å². The minimum Gasteiger partial charge on any atom is -0.423 e. The first-order valence-corrected chi connectivity index (χ1v) is 7.90. The number of benzene rings is 2. The summed E-state index contributed by atoms with van der Waals surface area (Å²) in [5.74, 6) is 0.267. The Bertz CT molecular complexity index is 877. The first-order valence-electron chi connectivity index (χ1n) is 6.12. The molecule has 8 heteroatoms. The fraction of sp³-hybridized carbons (Fsp3) is 0. The van der Waals surface area contributed by atoms with Gasteiger partial charge in [0.1, 0.15) is 4.90 Å². The lowest BCUT2D eigenvalue weighted by molar-refractivity contribution is 0.485. The molecule has 1 aromatic heterocycles. The Morgan fingerprint density at radius 1 is 1.05 bits per heavy atom. The molecule has 0 N–H and O–H groups in total. The summed E-state index contributed by atoms with van der Waals surface area (Å²) in [6.45, 7) is 0. The first-order chi connectivity index (χ1) is 10.6. The molecule has 0 aliphatic carbocycles. The molecule has 0 saturated heterocycles. The van der Waals surface area contributed by atoms with E-state index in [1.54, 1.807) is 18.2 Å². The van der Waals surface area contributed by atoms with E-state index in [0.717, 1.165) is 6.39 Å². The third-order valence-corrected chi connectivity index (χ3v) is 4.28. The highest BCUT2D eigenvalue weighted by atomic mass is 35.5. The third-order valence-electron chi connectivity index (χ3n) is 2.78. The zero-order chi connectivity index (χ0) is 15.6. The minimum atomic E-state index is -3.99. The van der Waals surface area contributed by atoms with Crippen LogP contribution in [0.4, 0.5) is 0 Å². The first kappa shape index (κ1) is 14.6. The van der Waals surface area contributed by atoms with Crippen molar-refractivity contribution in [2.75, 3.05) is 0 Å². The van der Waals surface area contributed by atoms with Crippen molar-refractivity contribution in [2.24, 2.45) is 0 Å². The summed E-state index contributed by atoms with van der Waals surface area (Å²) in [6, 6.07) is 12.2. The normalized spacial score (nSPS) is 11.3. The summed E-state index contributed by atoms with van der Waals surface area (Å²) in [4.78, 5) is -0.00256. The van der Waals surface area contributed by atoms with Crippen LogP contribution in [0.5, 0.6) is 5.75 Å². The summed E-state index contributed by atoms with van der Waals surface area (Å²) in [5, 5.41) is 7.76. The van der Waals surface area contributed by atoms with E-state index in [9.17, 15) is 8.42 Å². The van der Waals surface area contributed by atoms with Crippen molar-refractivity contribution in [2.45, 2.75) is 4.90 Å². The van der Waals surface area contributed by atoms with Crippen molar-refractivity contribution in [1.29, 1.82) is 0 Å².